The van der Waals surface area contributed by atoms with E-state index in [4.69, 9.17) is 16.3 Å². The standard InChI is InChI=1S/C13H16ClNO3.ClH/c1-7-4-8(14)5-9(10(7)16)11-13(2,3)6-18-12(17)15-11;/h4-5,11,16H,6H2,1-3H3,(H,15,17);1H/t11-;/m0./s1. The fourth-order valence-corrected chi connectivity index (χ4v) is 2.45. The normalized spacial score (nSPS) is 21.1. The number of ether oxygens (including phenoxy) is 1. The molecule has 0 radical (unpaired) electrons. The van der Waals surface area contributed by atoms with Gasteiger partial charge in [-0.1, -0.05) is 25.4 Å². The molecule has 6 heteroatoms. The summed E-state index contributed by atoms with van der Waals surface area (Å²) in [6.45, 7) is 6.01. The maximum absolute atomic E-state index is 11.4. The first-order valence-corrected chi connectivity index (χ1v) is 6.11. The zero-order valence-electron chi connectivity index (χ0n) is 11.0. The molecule has 1 atom stereocenters. The summed E-state index contributed by atoms with van der Waals surface area (Å²) in [6.07, 6.45) is -0.476. The third kappa shape index (κ3) is 3.07. The summed E-state index contributed by atoms with van der Waals surface area (Å²) in [5.41, 5.74) is 0.999. The van der Waals surface area contributed by atoms with Crippen LogP contribution in [-0.2, 0) is 4.74 Å². The molecule has 1 heterocycles. The summed E-state index contributed by atoms with van der Waals surface area (Å²) in [4.78, 5) is 11.4. The van der Waals surface area contributed by atoms with Gasteiger partial charge in [0.1, 0.15) is 12.4 Å². The number of phenolic OH excluding ortho intramolecular Hbond substituents is 1. The Morgan fingerprint density at radius 2 is 2.11 bits per heavy atom. The van der Waals surface area contributed by atoms with Gasteiger partial charge in [0, 0.05) is 16.0 Å². The number of aryl methyl sites for hydroxylation is 1. The Bertz CT molecular complexity index is 503. The number of hydrogen-bond acceptors (Lipinski definition) is 3. The van der Waals surface area contributed by atoms with E-state index in [2.05, 4.69) is 5.32 Å². The van der Waals surface area contributed by atoms with E-state index in [0.717, 1.165) is 0 Å². The Kier molecular flexibility index (Phi) is 4.59. The van der Waals surface area contributed by atoms with Crippen LogP contribution in [0.5, 0.6) is 5.75 Å². The topological polar surface area (TPSA) is 58.6 Å². The monoisotopic (exact) mass is 305 g/mol. The number of rotatable bonds is 1. The van der Waals surface area contributed by atoms with E-state index >= 15 is 0 Å². The number of aromatic hydroxyl groups is 1. The van der Waals surface area contributed by atoms with Crippen molar-refractivity contribution >= 4 is 30.1 Å². The van der Waals surface area contributed by atoms with Crippen molar-refractivity contribution in [2.75, 3.05) is 6.61 Å². The second kappa shape index (κ2) is 5.47. The average molecular weight is 306 g/mol. The van der Waals surface area contributed by atoms with E-state index in [1.165, 1.54) is 0 Å². The van der Waals surface area contributed by atoms with Crippen molar-refractivity contribution < 1.29 is 14.6 Å². The van der Waals surface area contributed by atoms with Gasteiger partial charge in [-0.25, -0.2) is 4.79 Å². The van der Waals surface area contributed by atoms with Gasteiger partial charge in [-0.2, -0.15) is 0 Å². The first kappa shape index (κ1) is 15.9. The summed E-state index contributed by atoms with van der Waals surface area (Å²) in [6, 6.07) is 3.05. The first-order chi connectivity index (χ1) is 8.31. The maximum Gasteiger partial charge on any atom is 0.407 e. The molecule has 106 valence electrons. The molecule has 19 heavy (non-hydrogen) atoms. The highest BCUT2D eigenvalue weighted by molar-refractivity contribution is 6.30. The highest BCUT2D eigenvalue weighted by Crippen LogP contribution is 2.41. The molecule has 0 spiro atoms. The van der Waals surface area contributed by atoms with Crippen LogP contribution >= 0.6 is 24.0 Å². The van der Waals surface area contributed by atoms with Crippen molar-refractivity contribution in [1.82, 2.24) is 5.32 Å². The van der Waals surface area contributed by atoms with E-state index in [0.29, 0.717) is 22.8 Å². The molecule has 1 aromatic rings. The maximum atomic E-state index is 11.4. The van der Waals surface area contributed by atoms with Gasteiger partial charge in [-0.05, 0) is 24.6 Å². The minimum absolute atomic E-state index is 0. The van der Waals surface area contributed by atoms with Crippen molar-refractivity contribution in [1.29, 1.82) is 0 Å². The van der Waals surface area contributed by atoms with Crippen LogP contribution in [0.25, 0.3) is 0 Å². The van der Waals surface area contributed by atoms with Crippen molar-refractivity contribution in [3.63, 3.8) is 0 Å². The number of hydrogen-bond donors (Lipinski definition) is 2. The van der Waals surface area contributed by atoms with E-state index in [9.17, 15) is 9.90 Å². The minimum atomic E-state index is -0.476. The average Bonchev–Trinajstić information content (AvgIpc) is 2.27. The smallest absolute Gasteiger partial charge is 0.407 e. The van der Waals surface area contributed by atoms with Crippen LogP contribution in [0.2, 0.25) is 5.02 Å². The summed E-state index contributed by atoms with van der Waals surface area (Å²) in [7, 11) is 0. The highest BCUT2D eigenvalue weighted by Gasteiger charge is 2.39. The SMILES string of the molecule is Cc1cc(Cl)cc([C@@H]2NC(=O)OCC2(C)C)c1O.Cl. The van der Waals surface area contributed by atoms with Gasteiger partial charge in [-0.3, -0.25) is 0 Å². The second-order valence-electron chi connectivity index (χ2n) is 5.30. The molecule has 0 aliphatic carbocycles. The molecule has 0 unspecified atom stereocenters. The van der Waals surface area contributed by atoms with Crippen molar-refractivity contribution in [2.45, 2.75) is 26.8 Å². The number of alkyl carbamates (subject to hydrolysis) is 1. The number of amides is 1. The molecular weight excluding hydrogens is 289 g/mol. The Labute approximate surface area is 123 Å². The Morgan fingerprint density at radius 3 is 2.74 bits per heavy atom. The third-order valence-electron chi connectivity index (χ3n) is 3.22. The van der Waals surface area contributed by atoms with E-state index in [1.54, 1.807) is 19.1 Å². The largest absolute Gasteiger partial charge is 0.507 e. The van der Waals surface area contributed by atoms with Crippen LogP contribution < -0.4 is 5.32 Å². The van der Waals surface area contributed by atoms with Crippen molar-refractivity contribution in [2.24, 2.45) is 5.41 Å². The lowest BCUT2D eigenvalue weighted by molar-refractivity contribution is 0.0381. The highest BCUT2D eigenvalue weighted by atomic mass is 35.5. The molecule has 1 saturated heterocycles. The van der Waals surface area contributed by atoms with Gasteiger partial charge in [0.2, 0.25) is 0 Å². The molecule has 2 rings (SSSR count). The van der Waals surface area contributed by atoms with E-state index < -0.39 is 6.09 Å². The molecule has 2 N–H and O–H groups in total. The first-order valence-electron chi connectivity index (χ1n) is 5.73. The molecular formula is C13H17Cl2NO3. The lowest BCUT2D eigenvalue weighted by atomic mass is 9.79. The summed E-state index contributed by atoms with van der Waals surface area (Å²) in [5, 5.41) is 13.4. The molecule has 0 bridgehead atoms. The molecule has 1 aliphatic heterocycles. The van der Waals surface area contributed by atoms with Gasteiger partial charge in [0.15, 0.2) is 0 Å². The zero-order chi connectivity index (χ0) is 13.5. The van der Waals surface area contributed by atoms with Gasteiger partial charge in [0.25, 0.3) is 0 Å². The van der Waals surface area contributed by atoms with Crippen LogP contribution in [0.3, 0.4) is 0 Å². The summed E-state index contributed by atoms with van der Waals surface area (Å²) >= 11 is 6.02. The van der Waals surface area contributed by atoms with Crippen molar-refractivity contribution in [3.05, 3.63) is 28.3 Å². The number of carbonyl (C=O) groups excluding carboxylic acids is 1. The molecule has 0 aromatic heterocycles. The number of cyclic esters (lactones) is 1. The molecule has 4 nitrogen and oxygen atoms in total. The van der Waals surface area contributed by atoms with Crippen molar-refractivity contribution in [3.8, 4) is 5.75 Å². The minimum Gasteiger partial charge on any atom is -0.507 e. The van der Waals surface area contributed by atoms with Gasteiger partial charge < -0.3 is 15.2 Å². The van der Waals surface area contributed by atoms with Crippen LogP contribution in [-0.4, -0.2) is 17.8 Å². The number of benzene rings is 1. The Balaban J connectivity index is 0.00000180. The Hall–Kier alpha value is -1.13. The van der Waals surface area contributed by atoms with Crippen LogP contribution in [0.15, 0.2) is 12.1 Å². The fraction of sp³-hybridized carbons (Fsp3) is 0.462. The zero-order valence-corrected chi connectivity index (χ0v) is 12.6. The van der Waals surface area contributed by atoms with Gasteiger partial charge in [-0.15, -0.1) is 12.4 Å². The molecule has 1 aliphatic rings. The van der Waals surface area contributed by atoms with Crippen LogP contribution in [0, 0.1) is 12.3 Å². The number of nitrogens with one attached hydrogen (secondary N) is 1. The van der Waals surface area contributed by atoms with E-state index in [-0.39, 0.29) is 29.6 Å². The fourth-order valence-electron chi connectivity index (χ4n) is 2.17. The summed E-state index contributed by atoms with van der Waals surface area (Å²) in [5.74, 6) is 0.166. The predicted octanol–water partition coefficient (Wildman–Crippen LogP) is 3.58. The number of phenols is 1. The second-order valence-corrected chi connectivity index (χ2v) is 5.74. The Morgan fingerprint density at radius 1 is 1.47 bits per heavy atom. The van der Waals surface area contributed by atoms with Gasteiger partial charge in [0.05, 0.1) is 6.04 Å². The number of carbonyl (C=O) groups is 1. The lowest BCUT2D eigenvalue weighted by Gasteiger charge is -2.38. The van der Waals surface area contributed by atoms with Crippen LogP contribution in [0.4, 0.5) is 4.79 Å². The summed E-state index contributed by atoms with van der Waals surface area (Å²) < 4.78 is 4.98. The molecule has 1 fully saturated rings. The third-order valence-corrected chi connectivity index (χ3v) is 3.44. The quantitative estimate of drug-likeness (QED) is 0.833. The van der Waals surface area contributed by atoms with Crippen LogP contribution in [0.1, 0.15) is 31.0 Å². The molecule has 1 aromatic carbocycles. The van der Waals surface area contributed by atoms with Gasteiger partial charge >= 0.3 is 6.09 Å². The lowest BCUT2D eigenvalue weighted by Crippen LogP contribution is -2.47. The molecule has 1 amide bonds. The molecule has 0 saturated carbocycles. The number of halogens is 2. The van der Waals surface area contributed by atoms with E-state index in [1.807, 2.05) is 13.8 Å². The predicted molar refractivity (Wildman–Crippen MR) is 76.1 cm³/mol.